The van der Waals surface area contributed by atoms with E-state index in [-0.39, 0.29) is 7.43 Å². The van der Waals surface area contributed by atoms with Gasteiger partial charge in [-0.3, -0.25) is 9.89 Å². The molecule has 2 heterocycles. The van der Waals surface area contributed by atoms with E-state index in [0.29, 0.717) is 0 Å². The number of hydrogen-bond acceptors (Lipinski definition) is 1. The van der Waals surface area contributed by atoms with Crippen LogP contribution in [0.15, 0.2) is 0 Å². The Bertz CT molecular complexity index is 155. The first-order chi connectivity index (χ1) is 5.47. The number of nitrogens with zero attached hydrogens (tertiary/aromatic N) is 1. The monoisotopic (exact) mass is 169 g/mol. The van der Waals surface area contributed by atoms with Crippen LogP contribution in [0.3, 0.4) is 0 Å². The number of nitrogens with one attached hydrogen (secondary N) is 1. The minimum Gasteiger partial charge on any atom is -0.278 e. The molecule has 0 bridgehead atoms. The molecule has 70 valence electrons. The summed E-state index contributed by atoms with van der Waals surface area (Å²) >= 11 is 0. The summed E-state index contributed by atoms with van der Waals surface area (Å²) in [6, 6.07) is 0. The van der Waals surface area contributed by atoms with Crippen molar-refractivity contribution in [2.75, 3.05) is 19.6 Å². The number of rotatable bonds is 0. The van der Waals surface area contributed by atoms with Crippen molar-refractivity contribution in [2.24, 2.45) is 0 Å². The molecule has 0 aromatic heterocycles. The van der Waals surface area contributed by atoms with Gasteiger partial charge in [0.1, 0.15) is 0 Å². The highest BCUT2D eigenvalue weighted by Crippen LogP contribution is 2.07. The smallest absolute Gasteiger partial charge is 0.244 e. The molecule has 0 spiro atoms. The second-order valence-electron chi connectivity index (χ2n) is 3.52. The summed E-state index contributed by atoms with van der Waals surface area (Å²) in [5, 5.41) is 3.53. The van der Waals surface area contributed by atoms with Gasteiger partial charge in [-0.15, -0.1) is 0 Å². The Hall–Kier alpha value is -0.530. The van der Waals surface area contributed by atoms with Gasteiger partial charge in [0.15, 0.2) is 0 Å². The maximum absolute atomic E-state index is 3.53. The summed E-state index contributed by atoms with van der Waals surface area (Å²) in [5.41, 5.74) is 0. The van der Waals surface area contributed by atoms with Crippen LogP contribution in [-0.4, -0.2) is 30.0 Å². The van der Waals surface area contributed by atoms with Gasteiger partial charge >= 0.3 is 0 Å². The fourth-order valence-electron chi connectivity index (χ4n) is 2.00. The van der Waals surface area contributed by atoms with Gasteiger partial charge in [0.25, 0.3) is 0 Å². The first-order valence-electron chi connectivity index (χ1n) is 4.81. The van der Waals surface area contributed by atoms with Crippen LogP contribution in [0.5, 0.6) is 0 Å². The van der Waals surface area contributed by atoms with Crippen molar-refractivity contribution in [3.05, 3.63) is 0 Å². The maximum atomic E-state index is 3.53. The van der Waals surface area contributed by atoms with E-state index in [0.717, 1.165) is 0 Å². The van der Waals surface area contributed by atoms with Gasteiger partial charge in [0.2, 0.25) is 5.84 Å². The number of amidine groups is 1. The van der Waals surface area contributed by atoms with E-state index in [2.05, 4.69) is 9.89 Å². The molecule has 0 saturated carbocycles. The highest BCUT2D eigenvalue weighted by molar-refractivity contribution is 5.77. The van der Waals surface area contributed by atoms with Gasteiger partial charge in [-0.05, 0) is 25.7 Å². The Kier molecular flexibility index (Phi) is 3.57. The van der Waals surface area contributed by atoms with Crippen LogP contribution in [0.2, 0.25) is 0 Å². The summed E-state index contributed by atoms with van der Waals surface area (Å²) in [5.74, 6) is 1.52. The van der Waals surface area contributed by atoms with Crippen molar-refractivity contribution >= 4 is 5.84 Å². The summed E-state index contributed by atoms with van der Waals surface area (Å²) in [6.45, 7) is 3.79. The van der Waals surface area contributed by atoms with E-state index >= 15 is 0 Å². The molecule has 0 aromatic rings. The highest BCUT2D eigenvalue weighted by atomic mass is 15.1. The normalized spacial score (nSPS) is 23.3. The van der Waals surface area contributed by atoms with E-state index in [1.54, 1.807) is 0 Å². The summed E-state index contributed by atoms with van der Waals surface area (Å²) in [7, 11) is 0. The molecule has 0 aliphatic carbocycles. The van der Waals surface area contributed by atoms with Crippen molar-refractivity contribution in [1.29, 1.82) is 0 Å². The number of hydrogen-bond donors (Lipinski definition) is 1. The van der Waals surface area contributed by atoms with Crippen molar-refractivity contribution in [3.8, 4) is 0 Å². The van der Waals surface area contributed by atoms with Crippen molar-refractivity contribution in [3.63, 3.8) is 0 Å². The molecule has 0 aromatic carbocycles. The van der Waals surface area contributed by atoms with Gasteiger partial charge in [0, 0.05) is 6.42 Å². The van der Waals surface area contributed by atoms with Crippen LogP contribution in [0, 0.1) is 0 Å². The molecule has 0 amide bonds. The molecule has 0 atom stereocenters. The van der Waals surface area contributed by atoms with Gasteiger partial charge in [-0.1, -0.05) is 7.43 Å². The molecule has 2 aliphatic heterocycles. The lowest BCUT2D eigenvalue weighted by atomic mass is 10.1. The van der Waals surface area contributed by atoms with Crippen LogP contribution in [0.25, 0.3) is 0 Å². The molecule has 0 fully saturated rings. The third-order valence-electron chi connectivity index (χ3n) is 2.66. The molecule has 2 heteroatoms. The zero-order valence-corrected chi connectivity index (χ0v) is 7.10. The molecule has 0 unspecified atom stereocenters. The van der Waals surface area contributed by atoms with E-state index in [9.17, 15) is 0 Å². The third kappa shape index (κ3) is 1.99. The highest BCUT2D eigenvalue weighted by Gasteiger charge is 2.19. The van der Waals surface area contributed by atoms with Gasteiger partial charge < -0.3 is 0 Å². The Morgan fingerprint density at radius 2 is 1.75 bits per heavy atom. The largest absolute Gasteiger partial charge is 0.278 e. The zero-order valence-electron chi connectivity index (χ0n) is 7.10. The Labute approximate surface area is 75.7 Å². The average molecular weight is 169 g/mol. The summed E-state index contributed by atoms with van der Waals surface area (Å²) < 4.78 is 2.54. The summed E-state index contributed by atoms with van der Waals surface area (Å²) in [4.78, 5) is 0. The Balaban J connectivity index is 0.000000720. The SMILES string of the molecule is C.C1CC[N+]2=C(CCCC2)NC1. The standard InChI is InChI=1S/C9H16N2.CH4/c1-3-7-11-8-4-2-6-10-9(11)5-1;/h1-8H2;1H4/p+1. The molecule has 0 radical (unpaired) electrons. The minimum absolute atomic E-state index is 0. The van der Waals surface area contributed by atoms with Crippen LogP contribution < -0.4 is 5.32 Å². The first kappa shape index (κ1) is 9.56. The lowest BCUT2D eigenvalue weighted by molar-refractivity contribution is -0.534. The Morgan fingerprint density at radius 1 is 1.00 bits per heavy atom. The molecule has 1 N–H and O–H groups in total. The second kappa shape index (κ2) is 4.48. The van der Waals surface area contributed by atoms with Crippen LogP contribution in [-0.2, 0) is 0 Å². The third-order valence-corrected chi connectivity index (χ3v) is 2.66. The van der Waals surface area contributed by atoms with E-state index in [1.165, 1.54) is 57.6 Å². The van der Waals surface area contributed by atoms with Gasteiger partial charge in [-0.25, -0.2) is 0 Å². The van der Waals surface area contributed by atoms with Crippen LogP contribution in [0.1, 0.15) is 39.5 Å². The van der Waals surface area contributed by atoms with Crippen molar-refractivity contribution in [1.82, 2.24) is 5.32 Å². The average Bonchev–Trinajstić information content (AvgIpc) is 2.28. The van der Waals surface area contributed by atoms with Crippen LogP contribution in [0.4, 0.5) is 0 Å². The molecule has 2 rings (SSSR count). The Morgan fingerprint density at radius 3 is 2.58 bits per heavy atom. The molecule has 0 saturated heterocycles. The molecule has 12 heavy (non-hydrogen) atoms. The predicted molar refractivity (Wildman–Crippen MR) is 52.8 cm³/mol. The lowest BCUT2D eigenvalue weighted by Gasteiger charge is -2.14. The van der Waals surface area contributed by atoms with Crippen LogP contribution >= 0.6 is 0 Å². The minimum atomic E-state index is 0. The van der Waals surface area contributed by atoms with Crippen molar-refractivity contribution in [2.45, 2.75) is 39.5 Å². The quantitative estimate of drug-likeness (QED) is 0.544. The molecule has 2 nitrogen and oxygen atoms in total. The van der Waals surface area contributed by atoms with Gasteiger partial charge in [-0.2, -0.15) is 0 Å². The molecular formula is C10H21N2+. The maximum Gasteiger partial charge on any atom is 0.244 e. The lowest BCUT2D eigenvalue weighted by Crippen LogP contribution is -2.35. The van der Waals surface area contributed by atoms with Crippen molar-refractivity contribution < 1.29 is 4.58 Å². The first-order valence-corrected chi connectivity index (χ1v) is 4.81. The van der Waals surface area contributed by atoms with E-state index in [1.807, 2.05) is 0 Å². The topological polar surface area (TPSA) is 15.0 Å². The fraction of sp³-hybridized carbons (Fsp3) is 0.900. The van der Waals surface area contributed by atoms with E-state index < -0.39 is 0 Å². The molecular weight excluding hydrogens is 148 g/mol. The molecule has 2 aliphatic rings. The van der Waals surface area contributed by atoms with Gasteiger partial charge in [0.05, 0.1) is 19.6 Å². The predicted octanol–water partition coefficient (Wildman–Crippen LogP) is 1.60. The zero-order chi connectivity index (χ0) is 7.52. The second-order valence-corrected chi connectivity index (χ2v) is 3.52. The summed E-state index contributed by atoms with van der Waals surface area (Å²) in [6.07, 6.45) is 6.79. The van der Waals surface area contributed by atoms with E-state index in [4.69, 9.17) is 0 Å². The fourth-order valence-corrected chi connectivity index (χ4v) is 2.00.